The van der Waals surface area contributed by atoms with Crippen LogP contribution in [0.25, 0.3) is 21.8 Å². The minimum absolute atomic E-state index is 0. The van der Waals surface area contributed by atoms with E-state index in [2.05, 4.69) is 34.4 Å². The number of nitrogens with one attached hydrogen (secondary N) is 2. The molecule has 0 bridgehead atoms. The number of unbranched alkanes of at least 4 members (excludes halogenated alkanes) is 1. The molecule has 4 rings (SSSR count). The van der Waals surface area contributed by atoms with Crippen molar-refractivity contribution in [1.29, 1.82) is 0 Å². The number of hydrogen-bond donors (Lipinski definition) is 2. The van der Waals surface area contributed by atoms with Gasteiger partial charge in [0.05, 0.1) is 0 Å². The van der Waals surface area contributed by atoms with Gasteiger partial charge in [0.25, 0.3) is 0 Å². The number of benzene rings is 2. The van der Waals surface area contributed by atoms with Gasteiger partial charge in [-0.05, 0) is 43.0 Å². The van der Waals surface area contributed by atoms with Crippen molar-refractivity contribution in [2.24, 2.45) is 0 Å². The molecular formula is C21H22N2Na2O2S2. The first kappa shape index (κ1) is 28.7. The van der Waals surface area contributed by atoms with Gasteiger partial charge in [0.1, 0.15) is 0 Å². The monoisotopic (exact) mass is 444 g/mol. The quantitative estimate of drug-likeness (QED) is 0.124. The number of carbonyl (C=O) groups is 1. The number of esters is 1. The molecule has 2 heterocycles. The second kappa shape index (κ2) is 13.9. The minimum Gasteiger partial charge on any atom is -0.813 e. The Balaban J connectivity index is 0.00000196. The summed E-state index contributed by atoms with van der Waals surface area (Å²) in [7, 11) is 0. The molecule has 0 fully saturated rings. The Bertz CT molecular complexity index is 1030. The normalized spacial score (nSPS) is 9.66. The van der Waals surface area contributed by atoms with Gasteiger partial charge in [-0.25, -0.2) is 0 Å². The van der Waals surface area contributed by atoms with Crippen molar-refractivity contribution in [1.82, 2.24) is 9.97 Å². The number of aromatic nitrogens is 2. The first-order chi connectivity index (χ1) is 12.3. The zero-order chi connectivity index (χ0) is 17.1. The summed E-state index contributed by atoms with van der Waals surface area (Å²) in [5.74, 6) is 0.431. The molecule has 0 aliphatic heterocycles. The van der Waals surface area contributed by atoms with E-state index in [9.17, 15) is 4.79 Å². The third kappa shape index (κ3) is 7.11. The maximum atomic E-state index is 12.1. The molecule has 0 unspecified atom stereocenters. The topological polar surface area (TPSA) is 57.9 Å². The van der Waals surface area contributed by atoms with E-state index < -0.39 is 0 Å². The standard InChI is InChI=1S/C21H20N2O2.2Na.2H2S/c24-21(25-20-14-23-19-11-5-3-9-17(19)20)12-6-1-7-15-13-22-18-10-4-2-8-16(15)18;;;;/h2-5,8-11,13-14,22-23H,1,6-7,12H2;;;2*1H2/q;2*+1;;/p-2. The molecular weight excluding hydrogens is 422 g/mol. The summed E-state index contributed by atoms with van der Waals surface area (Å²) >= 11 is 0. The third-order valence-electron chi connectivity index (χ3n) is 4.53. The van der Waals surface area contributed by atoms with Gasteiger partial charge in [-0.1, -0.05) is 30.3 Å². The number of hydrogen-bond acceptors (Lipinski definition) is 4. The largest absolute Gasteiger partial charge is 1.00 e. The Hall–Kier alpha value is -0.310. The van der Waals surface area contributed by atoms with Crippen LogP contribution in [0, 0.1) is 0 Å². The predicted molar refractivity (Wildman–Crippen MR) is 117 cm³/mol. The number of fused-ring (bicyclic) bond motifs is 2. The zero-order valence-corrected chi connectivity index (χ0v) is 22.6. The van der Waals surface area contributed by atoms with Crippen molar-refractivity contribution >= 4 is 54.8 Å². The molecule has 0 saturated heterocycles. The number of para-hydroxylation sites is 2. The van der Waals surface area contributed by atoms with Crippen molar-refractivity contribution in [2.75, 3.05) is 0 Å². The molecule has 0 aliphatic rings. The number of rotatable bonds is 6. The van der Waals surface area contributed by atoms with Gasteiger partial charge in [-0.3, -0.25) is 4.79 Å². The second-order valence-corrected chi connectivity index (χ2v) is 6.24. The first-order valence-corrected chi connectivity index (χ1v) is 8.63. The maximum absolute atomic E-state index is 12.1. The van der Waals surface area contributed by atoms with Crippen LogP contribution < -0.4 is 63.9 Å². The molecule has 0 saturated carbocycles. The number of carbonyl (C=O) groups excluding carboxylic acids is 1. The molecule has 4 nitrogen and oxygen atoms in total. The first-order valence-electron chi connectivity index (χ1n) is 8.63. The summed E-state index contributed by atoms with van der Waals surface area (Å²) in [6.07, 6.45) is 6.99. The average Bonchev–Trinajstić information content (AvgIpc) is 3.24. The van der Waals surface area contributed by atoms with Crippen LogP contribution in [0.15, 0.2) is 60.9 Å². The van der Waals surface area contributed by atoms with E-state index in [0.717, 1.165) is 35.7 Å². The molecule has 0 aliphatic carbocycles. The molecule has 0 amide bonds. The van der Waals surface area contributed by atoms with Gasteiger partial charge in [0.15, 0.2) is 5.75 Å². The molecule has 0 atom stereocenters. The molecule has 29 heavy (non-hydrogen) atoms. The van der Waals surface area contributed by atoms with Gasteiger partial charge < -0.3 is 41.7 Å². The van der Waals surface area contributed by atoms with Crippen LogP contribution in [-0.4, -0.2) is 15.9 Å². The third-order valence-corrected chi connectivity index (χ3v) is 4.53. The predicted octanol–water partition coefficient (Wildman–Crippen LogP) is -1.56. The van der Waals surface area contributed by atoms with Crippen LogP contribution in [0.3, 0.4) is 0 Å². The number of aryl methyl sites for hydroxylation is 1. The van der Waals surface area contributed by atoms with Gasteiger partial charge in [-0.2, -0.15) is 0 Å². The Kier molecular flexibility index (Phi) is 13.7. The minimum atomic E-state index is -0.177. The van der Waals surface area contributed by atoms with Crippen molar-refractivity contribution < 1.29 is 68.6 Å². The van der Waals surface area contributed by atoms with Crippen LogP contribution in [0.4, 0.5) is 0 Å². The Morgan fingerprint density at radius 1 is 0.793 bits per heavy atom. The SMILES string of the molecule is O=C(CCCCc1c[nH]c2ccccc12)Oc1c[nH]c2ccccc12.[Na+].[Na+].[SH-].[SH-]. The molecule has 0 radical (unpaired) electrons. The zero-order valence-electron chi connectivity index (χ0n) is 16.8. The van der Waals surface area contributed by atoms with Crippen LogP contribution >= 0.6 is 0 Å². The summed E-state index contributed by atoms with van der Waals surface area (Å²) in [5, 5.41) is 2.21. The summed E-state index contributed by atoms with van der Waals surface area (Å²) in [5.41, 5.74) is 3.45. The number of ether oxygens (including phenoxy) is 1. The molecule has 142 valence electrons. The Labute approximate surface area is 229 Å². The van der Waals surface area contributed by atoms with E-state index in [1.165, 1.54) is 10.9 Å². The molecule has 2 aromatic carbocycles. The van der Waals surface area contributed by atoms with E-state index in [0.29, 0.717) is 12.2 Å². The summed E-state index contributed by atoms with van der Waals surface area (Å²) in [6, 6.07) is 16.1. The molecule has 2 aromatic heterocycles. The van der Waals surface area contributed by atoms with Crippen molar-refractivity contribution in [2.45, 2.75) is 25.7 Å². The fourth-order valence-corrected chi connectivity index (χ4v) is 3.23. The number of aromatic amines is 2. The van der Waals surface area contributed by atoms with Gasteiger partial charge in [0, 0.05) is 40.6 Å². The van der Waals surface area contributed by atoms with Gasteiger partial charge in [-0.15, -0.1) is 0 Å². The van der Waals surface area contributed by atoms with Gasteiger partial charge in [0.2, 0.25) is 0 Å². The molecule has 0 spiro atoms. The Morgan fingerprint density at radius 2 is 1.38 bits per heavy atom. The fraction of sp³-hybridized carbons (Fsp3) is 0.190. The van der Waals surface area contributed by atoms with Crippen LogP contribution in [-0.2, 0) is 38.2 Å². The summed E-state index contributed by atoms with van der Waals surface area (Å²) in [4.78, 5) is 18.5. The van der Waals surface area contributed by atoms with Crippen molar-refractivity contribution in [3.63, 3.8) is 0 Å². The van der Waals surface area contributed by atoms with Crippen LogP contribution in [0.2, 0.25) is 0 Å². The fourth-order valence-electron chi connectivity index (χ4n) is 3.23. The van der Waals surface area contributed by atoms with E-state index in [-0.39, 0.29) is 92.1 Å². The second-order valence-electron chi connectivity index (χ2n) is 6.24. The summed E-state index contributed by atoms with van der Waals surface area (Å²) < 4.78 is 5.50. The van der Waals surface area contributed by atoms with E-state index in [4.69, 9.17) is 4.74 Å². The van der Waals surface area contributed by atoms with E-state index in [1.54, 1.807) is 6.20 Å². The number of H-pyrrole nitrogens is 2. The van der Waals surface area contributed by atoms with Crippen molar-refractivity contribution in [3.8, 4) is 5.75 Å². The number of thiol groups is 2. The van der Waals surface area contributed by atoms with Crippen LogP contribution in [0.5, 0.6) is 5.75 Å². The molecule has 2 N–H and O–H groups in total. The molecule has 8 heteroatoms. The van der Waals surface area contributed by atoms with Crippen LogP contribution in [0.1, 0.15) is 24.8 Å². The van der Waals surface area contributed by atoms with Crippen molar-refractivity contribution in [3.05, 3.63) is 66.5 Å². The smallest absolute Gasteiger partial charge is 0.813 e. The Morgan fingerprint density at radius 3 is 2.10 bits per heavy atom. The van der Waals surface area contributed by atoms with E-state index in [1.807, 2.05) is 30.3 Å². The van der Waals surface area contributed by atoms with Gasteiger partial charge >= 0.3 is 65.1 Å². The van der Waals surface area contributed by atoms with E-state index >= 15 is 0 Å². The summed E-state index contributed by atoms with van der Waals surface area (Å²) in [6.45, 7) is 0. The molecule has 4 aromatic rings. The maximum Gasteiger partial charge on any atom is 1.00 e. The average molecular weight is 445 g/mol.